The van der Waals surface area contributed by atoms with Crippen molar-refractivity contribution in [3.05, 3.63) is 0 Å². The van der Waals surface area contributed by atoms with Gasteiger partial charge in [-0.1, -0.05) is 343 Å². The second-order valence-corrected chi connectivity index (χ2v) is 30.4. The van der Waals surface area contributed by atoms with Gasteiger partial charge in [0, 0.05) is 25.7 Å². The molecule has 0 aliphatic carbocycles. The second-order valence-electron chi connectivity index (χ2n) is 27.5. The van der Waals surface area contributed by atoms with Crippen molar-refractivity contribution in [2.24, 2.45) is 5.92 Å². The highest BCUT2D eigenvalue weighted by molar-refractivity contribution is 7.47. The number of aliphatic hydroxyl groups is 1. The van der Waals surface area contributed by atoms with Crippen molar-refractivity contribution in [3.8, 4) is 0 Å². The molecule has 0 fully saturated rings. The molecule has 0 heterocycles. The molecule has 19 heteroatoms. The number of rotatable bonds is 75. The molecule has 5 atom stereocenters. The quantitative estimate of drug-likeness (QED) is 0.0222. The molecule has 0 aromatic heterocycles. The molecule has 0 bridgehead atoms. The molecule has 0 rings (SSSR count). The maximum atomic E-state index is 13.1. The third-order valence-corrected chi connectivity index (χ3v) is 19.4. The molecule has 0 spiro atoms. The van der Waals surface area contributed by atoms with Crippen molar-refractivity contribution < 1.29 is 80.2 Å². The first kappa shape index (κ1) is 92.1. The van der Waals surface area contributed by atoms with Crippen molar-refractivity contribution in [3.63, 3.8) is 0 Å². The Labute approximate surface area is 575 Å². The zero-order valence-corrected chi connectivity index (χ0v) is 62.9. The number of phosphoric ester groups is 2. The van der Waals surface area contributed by atoms with Gasteiger partial charge in [-0.2, -0.15) is 0 Å². The Balaban J connectivity index is 5.20. The van der Waals surface area contributed by atoms with Crippen LogP contribution in [0.15, 0.2) is 0 Å². The number of aliphatic hydroxyl groups excluding tert-OH is 1. The van der Waals surface area contributed by atoms with Crippen molar-refractivity contribution >= 4 is 39.5 Å². The number of hydrogen-bond acceptors (Lipinski definition) is 15. The summed E-state index contributed by atoms with van der Waals surface area (Å²) >= 11 is 0. The van der Waals surface area contributed by atoms with Crippen molar-refractivity contribution in [1.82, 2.24) is 0 Å². The average Bonchev–Trinajstić information content (AvgIpc) is 1.26. The van der Waals surface area contributed by atoms with E-state index in [-0.39, 0.29) is 25.7 Å². The summed E-state index contributed by atoms with van der Waals surface area (Å²) in [5.74, 6) is -1.44. The van der Waals surface area contributed by atoms with Crippen LogP contribution in [0.1, 0.15) is 394 Å². The summed E-state index contributed by atoms with van der Waals surface area (Å²) in [6.45, 7) is 7.19. The third kappa shape index (κ3) is 68.6. The van der Waals surface area contributed by atoms with Gasteiger partial charge >= 0.3 is 39.5 Å². The van der Waals surface area contributed by atoms with Gasteiger partial charge in [0.25, 0.3) is 0 Å². The summed E-state index contributed by atoms with van der Waals surface area (Å²) in [5.41, 5.74) is 0. The standard InChI is InChI=1S/C75H146O17P2/c1-6-9-12-15-18-21-24-26-28-30-31-32-34-36-38-41-44-51-56-61-75(80)91-70(64-85-72(77)58-53-48-42-40-37-35-33-29-27-25-22-19-16-13-10-7-2)66-89-93(81,82)87-62-69(76)63-88-94(83,84)90-67-71(65-86-73(78)59-54-49-46-45-47-52-57-68(4)5)92-74(79)60-55-50-43-39-23-20-17-14-11-8-3/h68-71,76H,6-67H2,1-5H3,(H,81,82)(H,83,84)/t69-,70-,71-/m1/s1. The second kappa shape index (κ2) is 68.2. The van der Waals surface area contributed by atoms with Crippen LogP contribution >= 0.6 is 15.6 Å². The van der Waals surface area contributed by atoms with Crippen molar-refractivity contribution in [2.75, 3.05) is 39.6 Å². The predicted octanol–water partition coefficient (Wildman–Crippen LogP) is 22.1. The summed E-state index contributed by atoms with van der Waals surface area (Å²) in [5, 5.41) is 10.6. The molecule has 0 saturated heterocycles. The van der Waals surface area contributed by atoms with E-state index in [1.165, 1.54) is 212 Å². The molecule has 0 amide bonds. The van der Waals surface area contributed by atoms with E-state index in [4.69, 9.17) is 37.0 Å². The van der Waals surface area contributed by atoms with Crippen LogP contribution in [0.5, 0.6) is 0 Å². The molecule has 2 unspecified atom stereocenters. The van der Waals surface area contributed by atoms with Crippen molar-refractivity contribution in [2.45, 2.75) is 412 Å². The molecular weight excluding hydrogens is 1230 g/mol. The maximum absolute atomic E-state index is 13.1. The smallest absolute Gasteiger partial charge is 0.462 e. The fraction of sp³-hybridized carbons (Fsp3) is 0.947. The molecule has 0 aliphatic rings. The molecule has 94 heavy (non-hydrogen) atoms. The van der Waals surface area contributed by atoms with Crippen LogP contribution in [0.25, 0.3) is 0 Å². The summed E-state index contributed by atoms with van der Waals surface area (Å²) in [6.07, 6.45) is 57.1. The van der Waals surface area contributed by atoms with E-state index in [0.29, 0.717) is 31.6 Å². The van der Waals surface area contributed by atoms with Gasteiger partial charge in [0.1, 0.15) is 19.3 Å². The van der Waals surface area contributed by atoms with E-state index in [1.54, 1.807) is 0 Å². The SMILES string of the molecule is CCCCCCCCCCCCCCCCCCCCCC(=O)O[C@H](COC(=O)CCCCCCCCCCCCCCCCCC)COP(=O)(O)OC[C@@H](O)COP(=O)(O)OC[C@@H](COC(=O)CCCCCCCCC(C)C)OC(=O)CCCCCCCCCCCC. The lowest BCUT2D eigenvalue weighted by molar-refractivity contribution is -0.161. The van der Waals surface area contributed by atoms with Crippen LogP contribution in [-0.4, -0.2) is 96.7 Å². The highest BCUT2D eigenvalue weighted by atomic mass is 31.2. The van der Waals surface area contributed by atoms with E-state index in [0.717, 1.165) is 96.3 Å². The number of phosphoric acid groups is 2. The molecule has 17 nitrogen and oxygen atoms in total. The number of carbonyl (C=O) groups excluding carboxylic acids is 4. The van der Waals surface area contributed by atoms with E-state index in [2.05, 4.69) is 34.6 Å². The lowest BCUT2D eigenvalue weighted by Gasteiger charge is -2.21. The number of esters is 4. The first-order chi connectivity index (χ1) is 45.5. The van der Waals surface area contributed by atoms with E-state index >= 15 is 0 Å². The molecule has 0 radical (unpaired) electrons. The van der Waals surface area contributed by atoms with Crippen molar-refractivity contribution in [1.29, 1.82) is 0 Å². The Bertz CT molecular complexity index is 1810. The summed E-state index contributed by atoms with van der Waals surface area (Å²) in [4.78, 5) is 72.7. The zero-order chi connectivity index (χ0) is 69.1. The van der Waals surface area contributed by atoms with Gasteiger partial charge in [-0.05, 0) is 31.6 Å². The largest absolute Gasteiger partial charge is 0.472 e. The van der Waals surface area contributed by atoms with Crippen LogP contribution in [0.3, 0.4) is 0 Å². The van der Waals surface area contributed by atoms with Gasteiger partial charge in [0.2, 0.25) is 0 Å². The maximum Gasteiger partial charge on any atom is 0.472 e. The van der Waals surface area contributed by atoms with Crippen LogP contribution in [0.2, 0.25) is 0 Å². The van der Waals surface area contributed by atoms with Gasteiger partial charge in [0.15, 0.2) is 12.2 Å². The molecule has 3 N–H and O–H groups in total. The first-order valence-corrected chi connectivity index (χ1v) is 42.1. The minimum Gasteiger partial charge on any atom is -0.462 e. The Morgan fingerprint density at radius 1 is 0.287 bits per heavy atom. The monoisotopic (exact) mass is 1380 g/mol. The Hall–Kier alpha value is -1.94. The first-order valence-electron chi connectivity index (χ1n) is 39.1. The Morgan fingerprint density at radius 2 is 0.489 bits per heavy atom. The molecular formula is C75H146O17P2. The molecule has 0 saturated carbocycles. The molecule has 0 aromatic carbocycles. The van der Waals surface area contributed by atoms with Crippen LogP contribution in [0.4, 0.5) is 0 Å². The third-order valence-electron chi connectivity index (χ3n) is 17.5. The lowest BCUT2D eigenvalue weighted by Crippen LogP contribution is -2.30. The van der Waals surface area contributed by atoms with Crippen LogP contribution in [-0.2, 0) is 65.4 Å². The van der Waals surface area contributed by atoms with E-state index in [9.17, 15) is 43.2 Å². The van der Waals surface area contributed by atoms with Gasteiger partial charge in [-0.3, -0.25) is 37.3 Å². The fourth-order valence-electron chi connectivity index (χ4n) is 11.5. The highest BCUT2D eigenvalue weighted by Crippen LogP contribution is 2.45. The fourth-order valence-corrected chi connectivity index (χ4v) is 13.1. The molecule has 0 aliphatic heterocycles. The summed E-state index contributed by atoms with van der Waals surface area (Å²) < 4.78 is 68.4. The number of carbonyl (C=O) groups is 4. The Morgan fingerprint density at radius 3 is 0.723 bits per heavy atom. The highest BCUT2D eigenvalue weighted by Gasteiger charge is 2.30. The van der Waals surface area contributed by atoms with Crippen LogP contribution < -0.4 is 0 Å². The van der Waals surface area contributed by atoms with E-state index < -0.39 is 97.5 Å². The summed E-state index contributed by atoms with van der Waals surface area (Å²) in [6, 6.07) is 0. The number of hydrogen-bond donors (Lipinski definition) is 3. The van der Waals surface area contributed by atoms with E-state index in [1.807, 2.05) is 0 Å². The predicted molar refractivity (Wildman–Crippen MR) is 382 cm³/mol. The normalized spacial score (nSPS) is 14.0. The average molecular weight is 1380 g/mol. The minimum atomic E-state index is -4.96. The lowest BCUT2D eigenvalue weighted by atomic mass is 10.0. The number of unbranched alkanes of at least 4 members (excludes halogenated alkanes) is 47. The topological polar surface area (TPSA) is 237 Å². The van der Waals surface area contributed by atoms with Gasteiger partial charge in [-0.15, -0.1) is 0 Å². The zero-order valence-electron chi connectivity index (χ0n) is 61.1. The van der Waals surface area contributed by atoms with Gasteiger partial charge in [-0.25, -0.2) is 9.13 Å². The van der Waals surface area contributed by atoms with Crippen LogP contribution in [0, 0.1) is 5.92 Å². The number of ether oxygens (including phenoxy) is 4. The summed E-state index contributed by atoms with van der Waals surface area (Å²) in [7, 11) is -9.90. The van der Waals surface area contributed by atoms with Gasteiger partial charge in [0.05, 0.1) is 26.4 Å². The molecule has 558 valence electrons. The minimum absolute atomic E-state index is 0.106. The Kier molecular flexibility index (Phi) is 66.8. The van der Waals surface area contributed by atoms with Gasteiger partial charge < -0.3 is 33.8 Å². The molecule has 0 aromatic rings.